The van der Waals surface area contributed by atoms with Crippen molar-refractivity contribution < 1.29 is 4.74 Å². The minimum Gasteiger partial charge on any atom is -0.359 e. The Morgan fingerprint density at radius 1 is 1.70 bits per heavy atom. The highest BCUT2D eigenvalue weighted by Crippen LogP contribution is 1.99. The van der Waals surface area contributed by atoms with E-state index in [1.165, 1.54) is 0 Å². The van der Waals surface area contributed by atoms with Crippen LogP contribution in [0.3, 0.4) is 0 Å². The molecular weight excluding hydrogens is 128 g/mol. The highest BCUT2D eigenvalue weighted by Gasteiger charge is 2.16. The maximum absolute atomic E-state index is 5.32. The molecule has 1 saturated heterocycles. The molecule has 0 bridgehead atoms. The van der Waals surface area contributed by atoms with Crippen molar-refractivity contribution in [1.82, 2.24) is 10.2 Å². The molecule has 1 aliphatic rings. The number of rotatable bonds is 3. The molecule has 0 amide bonds. The molecular formula is C7H15N2O. The second kappa shape index (κ2) is 3.91. The van der Waals surface area contributed by atoms with Crippen LogP contribution in [0.25, 0.3) is 0 Å². The molecule has 10 heavy (non-hydrogen) atoms. The standard InChI is InChI=1S/C7H15N2O/c1-3-9(2)5-7-4-8-6-10-7/h7H,3-6H2,1-2H3. The number of nitrogens with zero attached hydrogens (tertiary/aromatic N) is 2. The largest absolute Gasteiger partial charge is 0.359 e. The average Bonchev–Trinajstić information content (AvgIpc) is 2.40. The zero-order valence-electron chi connectivity index (χ0n) is 6.71. The molecule has 1 radical (unpaired) electrons. The molecule has 3 nitrogen and oxygen atoms in total. The molecule has 1 rings (SSSR count). The lowest BCUT2D eigenvalue weighted by Crippen LogP contribution is -2.30. The minimum absolute atomic E-state index is 0.352. The molecule has 0 aromatic carbocycles. The molecule has 1 fully saturated rings. The summed E-state index contributed by atoms with van der Waals surface area (Å²) in [6.07, 6.45) is 0.352. The Kier molecular flexibility index (Phi) is 3.12. The summed E-state index contributed by atoms with van der Waals surface area (Å²) < 4.78 is 5.32. The molecule has 0 aliphatic carbocycles. The van der Waals surface area contributed by atoms with Crippen LogP contribution in [0.5, 0.6) is 0 Å². The van der Waals surface area contributed by atoms with Gasteiger partial charge in [-0.2, -0.15) is 0 Å². The fraction of sp³-hybridized carbons (Fsp3) is 1.00. The molecule has 0 saturated carbocycles. The highest BCUT2D eigenvalue weighted by atomic mass is 16.5. The van der Waals surface area contributed by atoms with Crippen LogP contribution in [0.15, 0.2) is 0 Å². The van der Waals surface area contributed by atoms with E-state index in [9.17, 15) is 0 Å². The van der Waals surface area contributed by atoms with Gasteiger partial charge in [-0.3, -0.25) is 0 Å². The predicted molar refractivity (Wildman–Crippen MR) is 39.9 cm³/mol. The molecule has 0 aromatic heterocycles. The van der Waals surface area contributed by atoms with E-state index >= 15 is 0 Å². The quantitative estimate of drug-likeness (QED) is 0.551. The highest BCUT2D eigenvalue weighted by molar-refractivity contribution is 4.68. The van der Waals surface area contributed by atoms with Crippen LogP contribution >= 0.6 is 0 Å². The molecule has 0 aromatic rings. The van der Waals surface area contributed by atoms with Crippen LogP contribution < -0.4 is 5.32 Å². The fourth-order valence-electron chi connectivity index (χ4n) is 0.995. The summed E-state index contributed by atoms with van der Waals surface area (Å²) in [4.78, 5) is 2.24. The summed E-state index contributed by atoms with van der Waals surface area (Å²) in [6, 6.07) is 0. The monoisotopic (exact) mass is 143 g/mol. The van der Waals surface area contributed by atoms with E-state index in [4.69, 9.17) is 4.74 Å². The van der Waals surface area contributed by atoms with Crippen molar-refractivity contribution >= 4 is 0 Å². The van der Waals surface area contributed by atoms with Crippen molar-refractivity contribution in [2.75, 3.05) is 33.4 Å². The third-order valence-electron chi connectivity index (χ3n) is 1.79. The Morgan fingerprint density at radius 2 is 2.50 bits per heavy atom. The van der Waals surface area contributed by atoms with Gasteiger partial charge in [0.15, 0.2) is 0 Å². The Balaban J connectivity index is 2.11. The molecule has 1 unspecified atom stereocenters. The molecule has 1 atom stereocenters. The van der Waals surface area contributed by atoms with Gasteiger partial charge in [0.1, 0.15) is 6.73 Å². The van der Waals surface area contributed by atoms with Gasteiger partial charge in [-0.05, 0) is 13.6 Å². The Bertz CT molecular complexity index is 91.6. The van der Waals surface area contributed by atoms with Crippen LogP contribution in [0.1, 0.15) is 6.92 Å². The van der Waals surface area contributed by atoms with E-state index in [2.05, 4.69) is 24.2 Å². The van der Waals surface area contributed by atoms with Gasteiger partial charge in [-0.15, -0.1) is 0 Å². The topological polar surface area (TPSA) is 26.6 Å². The summed E-state index contributed by atoms with van der Waals surface area (Å²) in [5.74, 6) is 0. The lowest BCUT2D eigenvalue weighted by molar-refractivity contribution is 0.0857. The van der Waals surface area contributed by atoms with E-state index < -0.39 is 0 Å². The van der Waals surface area contributed by atoms with Gasteiger partial charge in [0.2, 0.25) is 0 Å². The van der Waals surface area contributed by atoms with E-state index in [0.717, 1.165) is 19.6 Å². The molecule has 3 heteroatoms. The summed E-state index contributed by atoms with van der Waals surface area (Å²) in [6.45, 7) is 5.72. The Morgan fingerprint density at radius 3 is 3.00 bits per heavy atom. The van der Waals surface area contributed by atoms with E-state index in [0.29, 0.717) is 12.8 Å². The summed E-state index contributed by atoms with van der Waals surface area (Å²) in [7, 11) is 2.10. The summed E-state index contributed by atoms with van der Waals surface area (Å²) in [5, 5.41) is 4.10. The van der Waals surface area contributed by atoms with Crippen LogP contribution in [0, 0.1) is 0 Å². The van der Waals surface area contributed by atoms with Crippen molar-refractivity contribution in [3.8, 4) is 0 Å². The van der Waals surface area contributed by atoms with Gasteiger partial charge in [0, 0.05) is 13.1 Å². The van der Waals surface area contributed by atoms with E-state index in [1.54, 1.807) is 0 Å². The maximum Gasteiger partial charge on any atom is 0.113 e. The van der Waals surface area contributed by atoms with Gasteiger partial charge >= 0.3 is 0 Å². The Hall–Kier alpha value is -0.120. The zero-order valence-corrected chi connectivity index (χ0v) is 6.71. The molecule has 1 aliphatic heterocycles. The number of ether oxygens (including phenoxy) is 1. The van der Waals surface area contributed by atoms with Crippen LogP contribution in [0.4, 0.5) is 0 Å². The second-order valence-corrected chi connectivity index (χ2v) is 2.68. The van der Waals surface area contributed by atoms with Crippen LogP contribution in [-0.2, 0) is 4.74 Å². The lowest BCUT2D eigenvalue weighted by Gasteiger charge is -2.17. The minimum atomic E-state index is 0.352. The van der Waals surface area contributed by atoms with Gasteiger partial charge in [-0.1, -0.05) is 6.92 Å². The fourth-order valence-corrected chi connectivity index (χ4v) is 0.995. The van der Waals surface area contributed by atoms with Gasteiger partial charge in [0.05, 0.1) is 6.10 Å². The van der Waals surface area contributed by atoms with E-state index in [-0.39, 0.29) is 0 Å². The second-order valence-electron chi connectivity index (χ2n) is 2.68. The van der Waals surface area contributed by atoms with E-state index in [1.807, 2.05) is 0 Å². The normalized spacial score (nSPS) is 26.1. The van der Waals surface area contributed by atoms with Gasteiger partial charge in [-0.25, -0.2) is 5.32 Å². The zero-order chi connectivity index (χ0) is 7.40. The summed E-state index contributed by atoms with van der Waals surface area (Å²) in [5.41, 5.74) is 0. The van der Waals surface area contributed by atoms with Gasteiger partial charge < -0.3 is 9.64 Å². The smallest absolute Gasteiger partial charge is 0.113 e. The number of hydrogen-bond donors (Lipinski definition) is 0. The number of likely N-dealkylation sites (N-methyl/N-ethyl adjacent to an activating group) is 1. The van der Waals surface area contributed by atoms with Crippen molar-refractivity contribution in [2.24, 2.45) is 0 Å². The van der Waals surface area contributed by atoms with Crippen molar-refractivity contribution in [3.05, 3.63) is 0 Å². The van der Waals surface area contributed by atoms with Crippen molar-refractivity contribution in [1.29, 1.82) is 0 Å². The molecule has 0 spiro atoms. The first kappa shape index (κ1) is 7.98. The predicted octanol–water partition coefficient (Wildman–Crippen LogP) is -0.101. The van der Waals surface area contributed by atoms with Crippen molar-refractivity contribution in [3.63, 3.8) is 0 Å². The molecule has 1 heterocycles. The first-order valence-electron chi connectivity index (χ1n) is 3.76. The third kappa shape index (κ3) is 2.25. The SMILES string of the molecule is CCN(C)CC1C[N]CO1. The molecule has 59 valence electrons. The summed E-state index contributed by atoms with van der Waals surface area (Å²) >= 11 is 0. The maximum atomic E-state index is 5.32. The number of hydrogen-bond acceptors (Lipinski definition) is 2. The van der Waals surface area contributed by atoms with Crippen LogP contribution in [0.2, 0.25) is 0 Å². The van der Waals surface area contributed by atoms with Crippen molar-refractivity contribution in [2.45, 2.75) is 13.0 Å². The average molecular weight is 143 g/mol. The first-order chi connectivity index (χ1) is 4.83. The first-order valence-corrected chi connectivity index (χ1v) is 3.76. The third-order valence-corrected chi connectivity index (χ3v) is 1.79. The van der Waals surface area contributed by atoms with Gasteiger partial charge in [0.25, 0.3) is 0 Å². The lowest BCUT2D eigenvalue weighted by atomic mass is 10.3. The Labute approximate surface area is 62.3 Å². The van der Waals surface area contributed by atoms with Crippen LogP contribution in [-0.4, -0.2) is 44.4 Å². The molecule has 0 N–H and O–H groups in total.